The lowest BCUT2D eigenvalue weighted by molar-refractivity contribution is 0.537. The molecule has 0 aromatic heterocycles. The molecule has 2 nitrogen and oxygen atoms in total. The van der Waals surface area contributed by atoms with Crippen molar-refractivity contribution in [2.45, 2.75) is 29.3 Å². The SMILES string of the molecule is O=S1(=O)CCCCC1C(Br)c1ccc(Cl)c2ccccc12. The molecule has 1 aliphatic heterocycles. The van der Waals surface area contributed by atoms with Gasteiger partial charge >= 0.3 is 0 Å². The average molecular weight is 388 g/mol. The molecule has 0 radical (unpaired) electrons. The molecule has 1 heterocycles. The summed E-state index contributed by atoms with van der Waals surface area (Å²) in [5.41, 5.74) is 1.01. The summed E-state index contributed by atoms with van der Waals surface area (Å²) < 4.78 is 24.7. The molecule has 0 saturated carbocycles. The molecule has 5 heteroatoms. The molecule has 0 amide bonds. The Balaban J connectivity index is 2.10. The average Bonchev–Trinajstić information content (AvgIpc) is 2.47. The highest BCUT2D eigenvalue weighted by atomic mass is 79.9. The van der Waals surface area contributed by atoms with Gasteiger partial charge in [-0.2, -0.15) is 0 Å². The van der Waals surface area contributed by atoms with Crippen molar-refractivity contribution in [3.05, 3.63) is 47.0 Å². The number of alkyl halides is 1. The number of rotatable bonds is 2. The van der Waals surface area contributed by atoms with Gasteiger partial charge in [0.2, 0.25) is 0 Å². The van der Waals surface area contributed by atoms with E-state index in [4.69, 9.17) is 11.6 Å². The first-order valence-electron chi connectivity index (χ1n) is 7.03. The summed E-state index contributed by atoms with van der Waals surface area (Å²) in [6.07, 6.45) is 2.46. The molecule has 3 rings (SSSR count). The number of sulfone groups is 1. The van der Waals surface area contributed by atoms with Crippen molar-refractivity contribution in [2.24, 2.45) is 0 Å². The predicted octanol–water partition coefficient (Wildman–Crippen LogP) is 4.90. The molecule has 1 saturated heterocycles. The molecule has 1 aliphatic rings. The van der Waals surface area contributed by atoms with Crippen LogP contribution in [-0.4, -0.2) is 19.4 Å². The highest BCUT2D eigenvalue weighted by Gasteiger charge is 2.35. The molecule has 2 atom stereocenters. The summed E-state index contributed by atoms with van der Waals surface area (Å²) in [5, 5.41) is 2.33. The Morgan fingerprint density at radius 1 is 1.10 bits per heavy atom. The lowest BCUT2D eigenvalue weighted by atomic mass is 9.99. The molecular weight excluding hydrogens is 372 g/mol. The summed E-state index contributed by atoms with van der Waals surface area (Å²) in [5.74, 6) is 0.297. The lowest BCUT2D eigenvalue weighted by Crippen LogP contribution is -2.31. The van der Waals surface area contributed by atoms with Crippen LogP contribution in [0, 0.1) is 0 Å². The largest absolute Gasteiger partial charge is 0.228 e. The smallest absolute Gasteiger partial charge is 0.154 e. The van der Waals surface area contributed by atoms with Gasteiger partial charge in [0.1, 0.15) is 0 Å². The molecule has 2 unspecified atom stereocenters. The maximum absolute atomic E-state index is 12.3. The molecule has 1 fully saturated rings. The van der Waals surface area contributed by atoms with Gasteiger partial charge in [0.15, 0.2) is 9.84 Å². The van der Waals surface area contributed by atoms with Crippen molar-refractivity contribution in [1.29, 1.82) is 0 Å². The quantitative estimate of drug-likeness (QED) is 0.687. The van der Waals surface area contributed by atoms with E-state index in [2.05, 4.69) is 15.9 Å². The minimum absolute atomic E-state index is 0.190. The van der Waals surface area contributed by atoms with Gasteiger partial charge in [-0.1, -0.05) is 64.3 Å². The lowest BCUT2D eigenvalue weighted by Gasteiger charge is -2.27. The number of hydrogen-bond donors (Lipinski definition) is 0. The molecular formula is C16H16BrClO2S. The van der Waals surface area contributed by atoms with Crippen molar-refractivity contribution in [3.8, 4) is 0 Å². The molecule has 0 spiro atoms. The van der Waals surface area contributed by atoms with Crippen LogP contribution in [0.25, 0.3) is 10.8 Å². The third-order valence-corrected chi connectivity index (χ3v) is 8.26. The second-order valence-electron chi connectivity index (χ2n) is 5.49. The fourth-order valence-corrected chi connectivity index (χ4v) is 6.86. The van der Waals surface area contributed by atoms with E-state index in [1.165, 1.54) is 0 Å². The Hall–Kier alpha value is -0.580. The van der Waals surface area contributed by atoms with E-state index in [9.17, 15) is 8.42 Å². The summed E-state index contributed by atoms with van der Waals surface area (Å²) in [6.45, 7) is 0. The molecule has 0 bridgehead atoms. The van der Waals surface area contributed by atoms with Crippen LogP contribution >= 0.6 is 27.5 Å². The Morgan fingerprint density at radius 2 is 1.81 bits per heavy atom. The highest BCUT2D eigenvalue weighted by Crippen LogP contribution is 2.40. The van der Waals surface area contributed by atoms with E-state index < -0.39 is 9.84 Å². The third kappa shape index (κ3) is 2.86. The summed E-state index contributed by atoms with van der Waals surface area (Å²) in [4.78, 5) is -0.190. The van der Waals surface area contributed by atoms with Crippen LogP contribution < -0.4 is 0 Å². The van der Waals surface area contributed by atoms with Crippen LogP contribution in [0.2, 0.25) is 5.02 Å². The van der Waals surface area contributed by atoms with Gasteiger partial charge < -0.3 is 0 Å². The second-order valence-corrected chi connectivity index (χ2v) is 9.22. The topological polar surface area (TPSA) is 34.1 Å². The predicted molar refractivity (Wildman–Crippen MR) is 92.1 cm³/mol. The minimum Gasteiger partial charge on any atom is -0.228 e. The van der Waals surface area contributed by atoms with Crippen molar-refractivity contribution in [1.82, 2.24) is 0 Å². The van der Waals surface area contributed by atoms with E-state index in [0.717, 1.165) is 35.6 Å². The molecule has 0 N–H and O–H groups in total. The number of fused-ring (bicyclic) bond motifs is 1. The van der Waals surface area contributed by atoms with Crippen LogP contribution in [0.1, 0.15) is 29.7 Å². The fourth-order valence-electron chi connectivity index (χ4n) is 3.03. The third-order valence-electron chi connectivity index (χ3n) is 4.16. The standard InChI is InChI=1S/C16H16BrClO2S/c17-16(15-7-3-4-10-21(15,19)20)13-8-9-14(18)12-6-2-1-5-11(12)13/h1-2,5-6,8-9,15-16H,3-4,7,10H2. The zero-order chi connectivity index (χ0) is 15.0. The number of halogens is 2. The normalized spacial score (nSPS) is 23.0. The van der Waals surface area contributed by atoms with E-state index in [0.29, 0.717) is 10.8 Å². The highest BCUT2D eigenvalue weighted by molar-refractivity contribution is 9.09. The van der Waals surface area contributed by atoms with Crippen molar-refractivity contribution in [2.75, 3.05) is 5.75 Å². The molecule has 21 heavy (non-hydrogen) atoms. The first-order chi connectivity index (χ1) is 10.0. The first-order valence-corrected chi connectivity index (χ1v) is 10.0. The Bertz CT molecular complexity index is 773. The monoisotopic (exact) mass is 386 g/mol. The zero-order valence-electron chi connectivity index (χ0n) is 11.4. The molecule has 2 aromatic rings. The van der Waals surface area contributed by atoms with Crippen molar-refractivity contribution < 1.29 is 8.42 Å². The molecule has 0 aliphatic carbocycles. The number of hydrogen-bond acceptors (Lipinski definition) is 2. The van der Waals surface area contributed by atoms with Gasteiger partial charge in [0.05, 0.1) is 15.8 Å². The zero-order valence-corrected chi connectivity index (χ0v) is 14.6. The Kier molecular flexibility index (Phi) is 4.30. The maximum Gasteiger partial charge on any atom is 0.154 e. The van der Waals surface area contributed by atoms with Crippen LogP contribution in [0.15, 0.2) is 36.4 Å². The minimum atomic E-state index is -3.03. The van der Waals surface area contributed by atoms with Crippen LogP contribution in [-0.2, 0) is 9.84 Å². The number of benzene rings is 2. The van der Waals surface area contributed by atoms with Gasteiger partial charge in [-0.05, 0) is 29.9 Å². The van der Waals surface area contributed by atoms with E-state index in [1.54, 1.807) is 0 Å². The van der Waals surface area contributed by atoms with Crippen LogP contribution in [0.5, 0.6) is 0 Å². The van der Waals surface area contributed by atoms with Gasteiger partial charge in [0.25, 0.3) is 0 Å². The van der Waals surface area contributed by atoms with E-state index in [-0.39, 0.29) is 10.1 Å². The summed E-state index contributed by atoms with van der Waals surface area (Å²) in [6, 6.07) is 11.7. The molecule has 112 valence electrons. The van der Waals surface area contributed by atoms with Gasteiger partial charge in [-0.3, -0.25) is 0 Å². The fraction of sp³-hybridized carbons (Fsp3) is 0.375. The molecule has 2 aromatic carbocycles. The van der Waals surface area contributed by atoms with E-state index >= 15 is 0 Å². The first kappa shape index (κ1) is 15.3. The van der Waals surface area contributed by atoms with Crippen LogP contribution in [0.4, 0.5) is 0 Å². The van der Waals surface area contributed by atoms with Crippen LogP contribution in [0.3, 0.4) is 0 Å². The Labute approximate surface area is 138 Å². The van der Waals surface area contributed by atoms with Crippen molar-refractivity contribution >= 4 is 48.1 Å². The summed E-state index contributed by atoms with van der Waals surface area (Å²) >= 11 is 9.89. The van der Waals surface area contributed by atoms with E-state index in [1.807, 2.05) is 36.4 Å². The van der Waals surface area contributed by atoms with Gasteiger partial charge in [-0.15, -0.1) is 0 Å². The second kappa shape index (κ2) is 5.90. The van der Waals surface area contributed by atoms with Crippen molar-refractivity contribution in [3.63, 3.8) is 0 Å². The van der Waals surface area contributed by atoms with Gasteiger partial charge in [0, 0.05) is 10.4 Å². The van der Waals surface area contributed by atoms with Gasteiger partial charge in [-0.25, -0.2) is 8.42 Å². The Morgan fingerprint density at radius 3 is 2.52 bits per heavy atom. The maximum atomic E-state index is 12.3. The summed E-state index contributed by atoms with van der Waals surface area (Å²) in [7, 11) is -3.03.